The van der Waals surface area contributed by atoms with Gasteiger partial charge in [-0.1, -0.05) is 12.8 Å². The van der Waals surface area contributed by atoms with Crippen LogP contribution in [-0.4, -0.2) is 44.8 Å². The summed E-state index contributed by atoms with van der Waals surface area (Å²) in [5.74, 6) is 0.622. The van der Waals surface area contributed by atoms with Crippen LogP contribution in [0.25, 0.3) is 10.9 Å². The van der Waals surface area contributed by atoms with E-state index < -0.39 is 0 Å². The first kappa shape index (κ1) is 22.9. The van der Waals surface area contributed by atoms with Gasteiger partial charge in [0.05, 0.1) is 0 Å². The van der Waals surface area contributed by atoms with E-state index in [4.69, 9.17) is 4.74 Å². The maximum absolute atomic E-state index is 13.5. The zero-order chi connectivity index (χ0) is 19.1. The highest BCUT2D eigenvalue weighted by Gasteiger charge is 2.33. The number of methoxy groups -OCH3 is 1. The molecule has 3 N–H and O–H groups in total. The quantitative estimate of drug-likeness (QED) is 0.288. The summed E-state index contributed by atoms with van der Waals surface area (Å²) in [5, 5.41) is 7.84. The smallest absolute Gasteiger partial charge is 0.191 e. The van der Waals surface area contributed by atoms with Crippen molar-refractivity contribution in [1.82, 2.24) is 15.6 Å². The lowest BCUT2D eigenvalue weighted by atomic mass is 9.83. The first-order valence-electron chi connectivity index (χ1n) is 9.85. The van der Waals surface area contributed by atoms with E-state index in [1.54, 1.807) is 26.3 Å². The largest absolute Gasteiger partial charge is 0.385 e. The van der Waals surface area contributed by atoms with Crippen LogP contribution in [0.15, 0.2) is 29.4 Å². The van der Waals surface area contributed by atoms with Crippen molar-refractivity contribution in [3.63, 3.8) is 0 Å². The van der Waals surface area contributed by atoms with Gasteiger partial charge in [0.15, 0.2) is 5.96 Å². The van der Waals surface area contributed by atoms with Crippen molar-refractivity contribution in [2.75, 3.05) is 33.9 Å². The number of aliphatic imine (C=N–C) groups is 1. The van der Waals surface area contributed by atoms with Crippen LogP contribution in [0.1, 0.15) is 37.7 Å². The second kappa shape index (κ2) is 11.0. The molecule has 1 fully saturated rings. The van der Waals surface area contributed by atoms with Gasteiger partial charge in [0.25, 0.3) is 0 Å². The highest BCUT2D eigenvalue weighted by atomic mass is 127. The second-order valence-corrected chi connectivity index (χ2v) is 7.56. The average molecular weight is 502 g/mol. The van der Waals surface area contributed by atoms with E-state index in [1.807, 2.05) is 6.20 Å². The minimum absolute atomic E-state index is 0. The number of ether oxygens (including phenoxy) is 1. The van der Waals surface area contributed by atoms with E-state index in [2.05, 4.69) is 20.6 Å². The van der Waals surface area contributed by atoms with Crippen LogP contribution in [0.4, 0.5) is 4.39 Å². The van der Waals surface area contributed by atoms with E-state index in [1.165, 1.54) is 31.7 Å². The molecule has 0 atom stereocenters. The molecule has 1 aliphatic carbocycles. The fourth-order valence-corrected chi connectivity index (χ4v) is 4.12. The van der Waals surface area contributed by atoms with Gasteiger partial charge < -0.3 is 20.4 Å². The van der Waals surface area contributed by atoms with Gasteiger partial charge in [-0.3, -0.25) is 4.99 Å². The van der Waals surface area contributed by atoms with Gasteiger partial charge in [-0.15, -0.1) is 24.0 Å². The molecule has 1 aromatic heterocycles. The first-order valence-corrected chi connectivity index (χ1v) is 9.85. The number of guanidine groups is 1. The van der Waals surface area contributed by atoms with Gasteiger partial charge in [-0.2, -0.15) is 0 Å². The fraction of sp³-hybridized carbons (Fsp3) is 0.571. The third-order valence-electron chi connectivity index (χ3n) is 5.77. The topological polar surface area (TPSA) is 61.4 Å². The zero-order valence-corrected chi connectivity index (χ0v) is 19.1. The van der Waals surface area contributed by atoms with Gasteiger partial charge in [0, 0.05) is 51.0 Å². The molecule has 1 aromatic carbocycles. The molecule has 0 unspecified atom stereocenters. The van der Waals surface area contributed by atoms with E-state index in [-0.39, 0.29) is 29.8 Å². The Bertz CT molecular complexity index is 771. The highest BCUT2D eigenvalue weighted by Crippen LogP contribution is 2.40. The summed E-state index contributed by atoms with van der Waals surface area (Å²) in [7, 11) is 3.57. The van der Waals surface area contributed by atoms with Crippen LogP contribution >= 0.6 is 24.0 Å². The van der Waals surface area contributed by atoms with Crippen molar-refractivity contribution in [3.8, 4) is 0 Å². The molecule has 0 bridgehead atoms. The third kappa shape index (κ3) is 5.83. The van der Waals surface area contributed by atoms with Crippen molar-refractivity contribution >= 4 is 40.8 Å². The predicted octanol–water partition coefficient (Wildman–Crippen LogP) is 4.23. The molecule has 0 amide bonds. The minimum Gasteiger partial charge on any atom is -0.385 e. The standard InChI is InChI=1S/C21H31FN4O.HI/c1-23-20(26-15-21(10-12-27-2)8-3-4-9-21)24-11-7-16-14-25-19-6-5-17(22)13-18(16)19;/h5-6,13-14,25H,3-4,7-12,15H2,1-2H3,(H2,23,24,26);1H. The lowest BCUT2D eigenvalue weighted by molar-refractivity contribution is 0.138. The number of fused-ring (bicyclic) bond motifs is 1. The molecule has 0 spiro atoms. The molecule has 2 aromatic rings. The van der Waals surface area contributed by atoms with E-state index in [9.17, 15) is 4.39 Å². The summed E-state index contributed by atoms with van der Waals surface area (Å²) >= 11 is 0. The number of halogens is 2. The van der Waals surface area contributed by atoms with Crippen molar-refractivity contribution in [1.29, 1.82) is 0 Å². The van der Waals surface area contributed by atoms with Gasteiger partial charge in [0.2, 0.25) is 0 Å². The van der Waals surface area contributed by atoms with Crippen LogP contribution in [0.5, 0.6) is 0 Å². The normalized spacial score (nSPS) is 16.2. The molecule has 1 heterocycles. The number of hydrogen-bond acceptors (Lipinski definition) is 2. The van der Waals surface area contributed by atoms with Gasteiger partial charge in [-0.05, 0) is 54.9 Å². The van der Waals surface area contributed by atoms with E-state index >= 15 is 0 Å². The molecule has 156 valence electrons. The lowest BCUT2D eigenvalue weighted by Crippen LogP contribution is -2.43. The Labute approximate surface area is 183 Å². The fourth-order valence-electron chi connectivity index (χ4n) is 4.12. The minimum atomic E-state index is -0.202. The lowest BCUT2D eigenvalue weighted by Gasteiger charge is -2.30. The molecule has 0 saturated heterocycles. The Hall–Kier alpha value is -1.35. The highest BCUT2D eigenvalue weighted by molar-refractivity contribution is 14.0. The summed E-state index contributed by atoms with van der Waals surface area (Å²) in [6, 6.07) is 4.85. The molecule has 0 aliphatic heterocycles. The van der Waals surface area contributed by atoms with Gasteiger partial charge in [0.1, 0.15) is 5.82 Å². The number of aromatic nitrogens is 1. The maximum Gasteiger partial charge on any atom is 0.191 e. The van der Waals surface area contributed by atoms with Crippen molar-refractivity contribution < 1.29 is 9.13 Å². The van der Waals surface area contributed by atoms with E-state index in [0.29, 0.717) is 5.41 Å². The van der Waals surface area contributed by atoms with Crippen molar-refractivity contribution in [2.24, 2.45) is 10.4 Å². The number of aromatic amines is 1. The van der Waals surface area contributed by atoms with Crippen LogP contribution in [0.3, 0.4) is 0 Å². The number of H-pyrrole nitrogens is 1. The number of hydrogen-bond donors (Lipinski definition) is 3. The molecule has 28 heavy (non-hydrogen) atoms. The van der Waals surface area contributed by atoms with Crippen LogP contribution in [-0.2, 0) is 11.2 Å². The third-order valence-corrected chi connectivity index (χ3v) is 5.77. The zero-order valence-electron chi connectivity index (χ0n) is 16.8. The Morgan fingerprint density at radius 2 is 2.07 bits per heavy atom. The number of nitrogens with zero attached hydrogens (tertiary/aromatic N) is 1. The first-order chi connectivity index (χ1) is 13.2. The summed E-state index contributed by atoms with van der Waals surface area (Å²) in [6.07, 6.45) is 8.96. The molecule has 5 nitrogen and oxygen atoms in total. The van der Waals surface area contributed by atoms with Crippen LogP contribution in [0, 0.1) is 11.2 Å². The van der Waals surface area contributed by atoms with Crippen LogP contribution in [0.2, 0.25) is 0 Å². The molecule has 1 saturated carbocycles. The van der Waals surface area contributed by atoms with Crippen LogP contribution < -0.4 is 10.6 Å². The molecule has 1 aliphatic rings. The van der Waals surface area contributed by atoms with Crippen molar-refractivity contribution in [3.05, 3.63) is 35.8 Å². The monoisotopic (exact) mass is 502 g/mol. The summed E-state index contributed by atoms with van der Waals surface area (Å²) < 4.78 is 18.8. The Balaban J connectivity index is 0.00000280. The maximum atomic E-state index is 13.5. The molecule has 3 rings (SSSR count). The summed E-state index contributed by atoms with van der Waals surface area (Å²) in [5.41, 5.74) is 2.40. The van der Waals surface area contributed by atoms with E-state index in [0.717, 1.165) is 55.0 Å². The Kier molecular flexibility index (Phi) is 9.01. The SMILES string of the molecule is CN=C(NCCc1c[nH]c2ccc(F)cc12)NCC1(CCOC)CCCC1.I. The predicted molar refractivity (Wildman–Crippen MR) is 124 cm³/mol. The van der Waals surface area contributed by atoms with Gasteiger partial charge in [-0.25, -0.2) is 4.39 Å². The average Bonchev–Trinajstić information content (AvgIpc) is 3.30. The molecule has 0 radical (unpaired) electrons. The van der Waals surface area contributed by atoms with Gasteiger partial charge >= 0.3 is 0 Å². The Morgan fingerprint density at radius 3 is 2.79 bits per heavy atom. The summed E-state index contributed by atoms with van der Waals surface area (Å²) in [6.45, 7) is 2.48. The molecular formula is C21H32FIN4O. The van der Waals surface area contributed by atoms with Crippen molar-refractivity contribution in [2.45, 2.75) is 38.5 Å². The second-order valence-electron chi connectivity index (χ2n) is 7.56. The Morgan fingerprint density at radius 1 is 1.29 bits per heavy atom. The number of nitrogens with one attached hydrogen (secondary N) is 3. The summed E-state index contributed by atoms with van der Waals surface area (Å²) in [4.78, 5) is 7.55. The molecular weight excluding hydrogens is 470 g/mol. The number of rotatable bonds is 8. The molecule has 7 heteroatoms. The number of benzene rings is 1.